The van der Waals surface area contributed by atoms with Crippen molar-refractivity contribution in [2.45, 2.75) is 26.7 Å². The van der Waals surface area contributed by atoms with Gasteiger partial charge in [0, 0.05) is 13.2 Å². The summed E-state index contributed by atoms with van der Waals surface area (Å²) < 4.78 is 0. The molecule has 15 heavy (non-hydrogen) atoms. The number of aliphatic hydroxyl groups excluding tert-OH is 1. The van der Waals surface area contributed by atoms with E-state index in [1.54, 1.807) is 0 Å². The predicted octanol–water partition coefficient (Wildman–Crippen LogP) is 1.93. The summed E-state index contributed by atoms with van der Waals surface area (Å²) in [5, 5.41) is 20.1. The molecule has 0 saturated carbocycles. The van der Waals surface area contributed by atoms with Crippen molar-refractivity contribution in [3.05, 3.63) is 16.3 Å². The summed E-state index contributed by atoms with van der Waals surface area (Å²) in [5.74, 6) is 0.773. The summed E-state index contributed by atoms with van der Waals surface area (Å²) in [6, 6.07) is 0. The summed E-state index contributed by atoms with van der Waals surface area (Å²) in [5.41, 5.74) is 1.98. The Kier molecular flexibility index (Phi) is 4.78. The minimum Gasteiger partial charge on any atom is -0.396 e. The van der Waals surface area contributed by atoms with E-state index in [0.717, 1.165) is 36.3 Å². The van der Waals surface area contributed by atoms with Crippen LogP contribution in [0, 0.1) is 13.8 Å². The van der Waals surface area contributed by atoms with Crippen molar-refractivity contribution in [3.8, 4) is 0 Å². The van der Waals surface area contributed by atoms with Gasteiger partial charge in [0.05, 0.1) is 0 Å². The van der Waals surface area contributed by atoms with E-state index in [1.807, 2.05) is 13.8 Å². The number of rotatable bonds is 5. The Morgan fingerprint density at radius 2 is 1.93 bits per heavy atom. The van der Waals surface area contributed by atoms with Gasteiger partial charge in [-0.2, -0.15) is 0 Å². The Hall–Kier alpha value is -0.870. The summed E-state index contributed by atoms with van der Waals surface area (Å²) in [4.78, 5) is 0. The number of unbranched alkanes of at least 4 members (excludes halogenated alkanes) is 1. The fraction of sp³-hybridized carbons (Fsp3) is 0.600. The lowest BCUT2D eigenvalue weighted by atomic mass is 10.2. The summed E-state index contributed by atoms with van der Waals surface area (Å²) >= 11 is 5.84. The molecule has 1 heterocycles. The Balaban J connectivity index is 2.58. The first-order valence-electron chi connectivity index (χ1n) is 5.01. The molecule has 0 amide bonds. The number of nitrogens with zero attached hydrogens (tertiary/aromatic N) is 2. The van der Waals surface area contributed by atoms with E-state index in [4.69, 9.17) is 16.7 Å². The quantitative estimate of drug-likeness (QED) is 0.758. The van der Waals surface area contributed by atoms with Crippen LogP contribution < -0.4 is 5.32 Å². The molecule has 0 fully saturated rings. The van der Waals surface area contributed by atoms with Crippen molar-refractivity contribution in [3.63, 3.8) is 0 Å². The maximum absolute atomic E-state index is 8.63. The highest BCUT2D eigenvalue weighted by molar-refractivity contribution is 6.30. The summed E-state index contributed by atoms with van der Waals surface area (Å²) in [7, 11) is 0. The van der Waals surface area contributed by atoms with Gasteiger partial charge < -0.3 is 10.4 Å². The Morgan fingerprint density at radius 3 is 2.60 bits per heavy atom. The van der Waals surface area contributed by atoms with Gasteiger partial charge in [0.2, 0.25) is 0 Å². The minimum absolute atomic E-state index is 0.228. The van der Waals surface area contributed by atoms with Crippen LogP contribution in [0.1, 0.15) is 24.0 Å². The van der Waals surface area contributed by atoms with E-state index in [-0.39, 0.29) is 6.61 Å². The standard InChI is InChI=1S/C10H16ClN3O/c1-7-8(2)10(14-13-9(7)11)12-5-3-4-6-15/h15H,3-6H2,1-2H3,(H,12,14). The molecule has 5 heteroatoms. The van der Waals surface area contributed by atoms with Gasteiger partial charge in [-0.25, -0.2) is 0 Å². The molecule has 1 aromatic rings. The maximum atomic E-state index is 8.63. The Morgan fingerprint density at radius 1 is 1.20 bits per heavy atom. The minimum atomic E-state index is 0.228. The normalized spacial score (nSPS) is 10.4. The van der Waals surface area contributed by atoms with Gasteiger partial charge in [0.15, 0.2) is 11.0 Å². The van der Waals surface area contributed by atoms with Crippen LogP contribution in [-0.2, 0) is 0 Å². The number of halogens is 1. The lowest BCUT2D eigenvalue weighted by molar-refractivity contribution is 0.286. The first kappa shape index (κ1) is 12.2. The number of hydrogen-bond donors (Lipinski definition) is 2. The first-order valence-corrected chi connectivity index (χ1v) is 5.38. The van der Waals surface area contributed by atoms with E-state index in [2.05, 4.69) is 15.5 Å². The lowest BCUT2D eigenvalue weighted by Gasteiger charge is -2.09. The Bertz CT molecular complexity index is 331. The molecule has 0 atom stereocenters. The molecule has 0 bridgehead atoms. The van der Waals surface area contributed by atoms with Gasteiger partial charge in [0.25, 0.3) is 0 Å². The number of hydrogen-bond acceptors (Lipinski definition) is 4. The van der Waals surface area contributed by atoms with Crippen molar-refractivity contribution in [2.24, 2.45) is 0 Å². The smallest absolute Gasteiger partial charge is 0.155 e. The molecule has 0 unspecified atom stereocenters. The van der Waals surface area contributed by atoms with Crippen molar-refractivity contribution >= 4 is 17.4 Å². The molecule has 2 N–H and O–H groups in total. The second kappa shape index (κ2) is 5.88. The molecular formula is C10H16ClN3O. The van der Waals surface area contributed by atoms with E-state index in [1.165, 1.54) is 0 Å². The molecule has 0 aliphatic carbocycles. The molecule has 4 nitrogen and oxygen atoms in total. The number of anilines is 1. The molecule has 84 valence electrons. The zero-order valence-electron chi connectivity index (χ0n) is 9.05. The van der Waals surface area contributed by atoms with Crippen LogP contribution in [0.4, 0.5) is 5.82 Å². The van der Waals surface area contributed by atoms with Gasteiger partial charge in [0.1, 0.15) is 0 Å². The lowest BCUT2D eigenvalue weighted by Crippen LogP contribution is -2.07. The second-order valence-electron chi connectivity index (χ2n) is 3.45. The van der Waals surface area contributed by atoms with Crippen molar-refractivity contribution in [1.29, 1.82) is 0 Å². The monoisotopic (exact) mass is 229 g/mol. The Labute approximate surface area is 94.7 Å². The fourth-order valence-corrected chi connectivity index (χ4v) is 1.37. The molecule has 0 aromatic carbocycles. The molecule has 0 radical (unpaired) electrons. The molecule has 0 saturated heterocycles. The highest BCUT2D eigenvalue weighted by atomic mass is 35.5. The summed E-state index contributed by atoms with van der Waals surface area (Å²) in [6.45, 7) is 4.90. The molecule has 0 spiro atoms. The third-order valence-electron chi connectivity index (χ3n) is 2.34. The van der Waals surface area contributed by atoms with E-state index in [0.29, 0.717) is 5.15 Å². The number of nitrogens with one attached hydrogen (secondary N) is 1. The predicted molar refractivity (Wildman–Crippen MR) is 61.3 cm³/mol. The molecule has 0 aliphatic rings. The fourth-order valence-electron chi connectivity index (χ4n) is 1.19. The molecule has 0 aliphatic heterocycles. The van der Waals surface area contributed by atoms with E-state index >= 15 is 0 Å². The highest BCUT2D eigenvalue weighted by Crippen LogP contribution is 2.20. The van der Waals surface area contributed by atoms with Crippen molar-refractivity contribution in [2.75, 3.05) is 18.5 Å². The van der Waals surface area contributed by atoms with Crippen molar-refractivity contribution < 1.29 is 5.11 Å². The van der Waals surface area contributed by atoms with Gasteiger partial charge >= 0.3 is 0 Å². The van der Waals surface area contributed by atoms with Crippen LogP contribution in [0.5, 0.6) is 0 Å². The maximum Gasteiger partial charge on any atom is 0.155 e. The third-order valence-corrected chi connectivity index (χ3v) is 2.70. The largest absolute Gasteiger partial charge is 0.396 e. The molecule has 1 aromatic heterocycles. The SMILES string of the molecule is Cc1c(Cl)nnc(NCCCCO)c1C. The zero-order chi connectivity index (χ0) is 11.3. The van der Waals surface area contributed by atoms with Crippen LogP contribution in [0.3, 0.4) is 0 Å². The van der Waals surface area contributed by atoms with Crippen molar-refractivity contribution in [1.82, 2.24) is 10.2 Å². The second-order valence-corrected chi connectivity index (χ2v) is 3.80. The van der Waals surface area contributed by atoms with Gasteiger partial charge in [-0.3, -0.25) is 0 Å². The van der Waals surface area contributed by atoms with E-state index in [9.17, 15) is 0 Å². The van der Waals surface area contributed by atoms with E-state index < -0.39 is 0 Å². The van der Waals surface area contributed by atoms with Gasteiger partial charge in [-0.15, -0.1) is 10.2 Å². The number of aromatic nitrogens is 2. The zero-order valence-corrected chi connectivity index (χ0v) is 9.80. The van der Waals surface area contributed by atoms with Crippen LogP contribution >= 0.6 is 11.6 Å². The number of aliphatic hydroxyl groups is 1. The van der Waals surface area contributed by atoms with Crippen LogP contribution in [0.25, 0.3) is 0 Å². The third kappa shape index (κ3) is 3.32. The average Bonchev–Trinajstić information content (AvgIpc) is 2.24. The van der Waals surface area contributed by atoms with Gasteiger partial charge in [-0.05, 0) is 37.8 Å². The van der Waals surface area contributed by atoms with Crippen LogP contribution in [0.15, 0.2) is 0 Å². The molecule has 1 rings (SSSR count). The first-order chi connectivity index (χ1) is 7.16. The van der Waals surface area contributed by atoms with Gasteiger partial charge in [-0.1, -0.05) is 11.6 Å². The topological polar surface area (TPSA) is 58.0 Å². The van der Waals surface area contributed by atoms with Crippen LogP contribution in [-0.4, -0.2) is 28.5 Å². The highest BCUT2D eigenvalue weighted by Gasteiger charge is 2.06. The average molecular weight is 230 g/mol. The van der Waals surface area contributed by atoms with Crippen LogP contribution in [0.2, 0.25) is 5.15 Å². The molecular weight excluding hydrogens is 214 g/mol. The summed E-state index contributed by atoms with van der Waals surface area (Å²) in [6.07, 6.45) is 1.71.